The van der Waals surface area contributed by atoms with Gasteiger partial charge >= 0.3 is 5.97 Å². The van der Waals surface area contributed by atoms with Crippen LogP contribution in [0.3, 0.4) is 0 Å². The summed E-state index contributed by atoms with van der Waals surface area (Å²) in [6.07, 6.45) is 0.101. The molecule has 0 aliphatic rings. The Morgan fingerprint density at radius 1 is 1.15 bits per heavy atom. The van der Waals surface area contributed by atoms with E-state index in [0.717, 1.165) is 32.2 Å². The van der Waals surface area contributed by atoms with Crippen LogP contribution in [0.2, 0.25) is 0 Å². The Labute approximate surface area is 152 Å². The van der Waals surface area contributed by atoms with Gasteiger partial charge in [-0.1, -0.05) is 12.1 Å². The lowest BCUT2D eigenvalue weighted by Crippen LogP contribution is -1.99. The van der Waals surface area contributed by atoms with E-state index >= 15 is 0 Å². The van der Waals surface area contributed by atoms with E-state index in [4.69, 9.17) is 9.52 Å². The number of rotatable bonds is 5. The zero-order valence-corrected chi connectivity index (χ0v) is 14.7. The van der Waals surface area contributed by atoms with Gasteiger partial charge in [0.15, 0.2) is 0 Å². The van der Waals surface area contributed by atoms with Crippen molar-refractivity contribution < 1.29 is 14.3 Å². The van der Waals surface area contributed by atoms with Crippen LogP contribution in [0.4, 0.5) is 0 Å². The second kappa shape index (κ2) is 6.64. The van der Waals surface area contributed by atoms with E-state index < -0.39 is 5.97 Å². The van der Waals surface area contributed by atoms with E-state index in [0.29, 0.717) is 12.3 Å². The zero-order valence-electron chi connectivity index (χ0n) is 13.8. The maximum Gasteiger partial charge on any atom is 0.312 e. The number of pyridine rings is 1. The molecule has 0 atom stereocenters. The monoisotopic (exact) mass is 366 g/mol. The molecule has 0 saturated carbocycles. The Morgan fingerprint density at radius 2 is 2.00 bits per heavy atom. The highest BCUT2D eigenvalue weighted by molar-refractivity contribution is 7.18. The average Bonchev–Trinajstić information content (AvgIpc) is 3.20. The van der Waals surface area contributed by atoms with Crippen LogP contribution in [0.5, 0.6) is 0 Å². The summed E-state index contributed by atoms with van der Waals surface area (Å²) in [5.74, 6) is -0.542. The van der Waals surface area contributed by atoms with Crippen LogP contribution < -0.4 is 0 Å². The van der Waals surface area contributed by atoms with E-state index in [1.165, 1.54) is 0 Å². The summed E-state index contributed by atoms with van der Waals surface area (Å²) in [5, 5.41) is 17.2. The largest absolute Gasteiger partial charge is 0.481 e. The van der Waals surface area contributed by atoms with Gasteiger partial charge in [-0.3, -0.25) is 9.78 Å². The number of aromatic nitrogens is 4. The molecule has 0 unspecified atom stereocenters. The quantitative estimate of drug-likeness (QED) is 0.578. The lowest BCUT2D eigenvalue weighted by atomic mass is 10.1. The Kier molecular flexibility index (Phi) is 4.18. The fourth-order valence-corrected chi connectivity index (χ4v) is 3.60. The summed E-state index contributed by atoms with van der Waals surface area (Å²) in [6.45, 7) is 1.97. The number of aryl methyl sites for hydroxylation is 1. The van der Waals surface area contributed by atoms with Gasteiger partial charge in [0, 0.05) is 11.3 Å². The number of carboxylic acid groups (broad SMARTS) is 1. The third-order valence-electron chi connectivity index (χ3n) is 3.73. The first-order chi connectivity index (χ1) is 12.6. The van der Waals surface area contributed by atoms with Gasteiger partial charge in [-0.2, -0.15) is 0 Å². The molecule has 0 spiro atoms. The third kappa shape index (κ3) is 3.45. The van der Waals surface area contributed by atoms with Crippen LogP contribution in [-0.4, -0.2) is 31.2 Å². The predicted molar refractivity (Wildman–Crippen MR) is 96.0 cm³/mol. The molecule has 130 valence electrons. The average molecular weight is 366 g/mol. The lowest BCUT2D eigenvalue weighted by Gasteiger charge is -2.01. The molecule has 26 heavy (non-hydrogen) atoms. The minimum absolute atomic E-state index is 0.0985. The van der Waals surface area contributed by atoms with Crippen LogP contribution in [0.25, 0.3) is 21.5 Å². The van der Waals surface area contributed by atoms with Crippen LogP contribution in [0.1, 0.15) is 22.5 Å². The van der Waals surface area contributed by atoms with Gasteiger partial charge in [-0.15, -0.1) is 21.5 Å². The molecule has 7 nitrogen and oxygen atoms in total. The summed E-state index contributed by atoms with van der Waals surface area (Å²) in [4.78, 5) is 19.8. The summed E-state index contributed by atoms with van der Waals surface area (Å²) in [7, 11) is 0. The molecule has 1 N–H and O–H groups in total. The molecule has 0 fully saturated rings. The molecule has 3 aromatic heterocycles. The zero-order chi connectivity index (χ0) is 18.1. The van der Waals surface area contributed by atoms with Gasteiger partial charge in [-0.05, 0) is 31.2 Å². The molecular weight excluding hydrogens is 352 g/mol. The van der Waals surface area contributed by atoms with Gasteiger partial charge in [0.1, 0.15) is 11.4 Å². The summed E-state index contributed by atoms with van der Waals surface area (Å²) in [6, 6.07) is 12.0. The molecule has 0 bridgehead atoms. The van der Waals surface area contributed by atoms with E-state index in [-0.39, 0.29) is 12.3 Å². The number of carbonyl (C=O) groups is 1. The Balaban J connectivity index is 1.59. The van der Waals surface area contributed by atoms with Crippen molar-refractivity contribution >= 4 is 27.5 Å². The fourth-order valence-electron chi connectivity index (χ4n) is 2.60. The Hall–Kier alpha value is -3.13. The summed E-state index contributed by atoms with van der Waals surface area (Å²) >= 11 is 1.55. The molecular formula is C18H14N4O3S. The summed E-state index contributed by atoms with van der Waals surface area (Å²) < 4.78 is 6.40. The fraction of sp³-hybridized carbons (Fsp3) is 0.167. The van der Waals surface area contributed by atoms with E-state index in [1.54, 1.807) is 11.3 Å². The number of hydrogen-bond acceptors (Lipinski definition) is 7. The van der Waals surface area contributed by atoms with Crippen molar-refractivity contribution in [1.29, 1.82) is 0 Å². The highest BCUT2D eigenvalue weighted by atomic mass is 32.1. The highest BCUT2D eigenvalue weighted by Gasteiger charge is 2.13. The first-order valence-electron chi connectivity index (χ1n) is 7.93. The van der Waals surface area contributed by atoms with Crippen molar-refractivity contribution in [3.05, 3.63) is 58.9 Å². The molecule has 3 heterocycles. The minimum atomic E-state index is -1.00. The third-order valence-corrected chi connectivity index (χ3v) is 4.75. The van der Waals surface area contributed by atoms with Gasteiger partial charge < -0.3 is 9.52 Å². The molecule has 0 aliphatic heterocycles. The normalized spacial score (nSPS) is 11.1. The number of aliphatic carboxylic acids is 1. The van der Waals surface area contributed by atoms with E-state index in [2.05, 4.69) is 26.2 Å². The van der Waals surface area contributed by atoms with E-state index in [1.807, 2.05) is 37.3 Å². The number of carboxylic acids is 1. The molecule has 4 rings (SSSR count). The van der Waals surface area contributed by atoms with E-state index in [9.17, 15) is 4.79 Å². The van der Waals surface area contributed by atoms with Crippen molar-refractivity contribution in [1.82, 2.24) is 20.2 Å². The van der Waals surface area contributed by atoms with Gasteiger partial charge in [-0.25, -0.2) is 4.98 Å². The SMILES string of the molecule is Cc1cccc(-c2ccc3nc(Cc4nnc(CC(=O)O)o4)sc3c2)n1. The smallest absolute Gasteiger partial charge is 0.312 e. The second-order valence-corrected chi connectivity index (χ2v) is 6.91. The number of fused-ring (bicyclic) bond motifs is 1. The summed E-state index contributed by atoms with van der Waals surface area (Å²) in [5.41, 5.74) is 3.84. The van der Waals surface area contributed by atoms with Crippen LogP contribution >= 0.6 is 11.3 Å². The second-order valence-electron chi connectivity index (χ2n) is 5.79. The van der Waals surface area contributed by atoms with Crippen LogP contribution in [0, 0.1) is 6.92 Å². The molecule has 0 saturated heterocycles. The number of thiazole rings is 1. The van der Waals surface area contributed by atoms with Gasteiger partial charge in [0.2, 0.25) is 11.8 Å². The van der Waals surface area contributed by atoms with Crippen molar-refractivity contribution in [3.63, 3.8) is 0 Å². The van der Waals surface area contributed by atoms with Crippen LogP contribution in [-0.2, 0) is 17.6 Å². The van der Waals surface area contributed by atoms with Gasteiger partial charge in [0.05, 0.1) is 22.3 Å². The lowest BCUT2D eigenvalue weighted by molar-refractivity contribution is -0.136. The molecule has 1 aromatic carbocycles. The molecule has 8 heteroatoms. The molecule has 0 radical (unpaired) electrons. The van der Waals surface area contributed by atoms with Crippen molar-refractivity contribution in [2.45, 2.75) is 19.8 Å². The number of benzene rings is 1. The molecule has 0 aliphatic carbocycles. The Bertz CT molecular complexity index is 1100. The Morgan fingerprint density at radius 3 is 2.81 bits per heavy atom. The van der Waals surface area contributed by atoms with Crippen molar-refractivity contribution in [2.24, 2.45) is 0 Å². The predicted octanol–water partition coefficient (Wildman–Crippen LogP) is 3.27. The number of hydrogen-bond donors (Lipinski definition) is 1. The van der Waals surface area contributed by atoms with Crippen molar-refractivity contribution in [2.75, 3.05) is 0 Å². The maximum absolute atomic E-state index is 10.7. The number of nitrogens with zero attached hydrogens (tertiary/aromatic N) is 4. The van der Waals surface area contributed by atoms with Crippen LogP contribution in [0.15, 0.2) is 40.8 Å². The minimum Gasteiger partial charge on any atom is -0.481 e. The maximum atomic E-state index is 10.7. The molecule has 0 amide bonds. The van der Waals surface area contributed by atoms with Gasteiger partial charge in [0.25, 0.3) is 0 Å². The standard InChI is InChI=1S/C18H14N4O3S/c1-10-3-2-4-12(19-10)11-5-6-13-14(7-11)26-17(20-13)8-15-21-22-16(25-15)9-18(23)24/h2-7H,8-9H2,1H3,(H,23,24). The molecule has 4 aromatic rings. The van der Waals surface area contributed by atoms with Crippen molar-refractivity contribution in [3.8, 4) is 11.3 Å². The highest BCUT2D eigenvalue weighted by Crippen LogP contribution is 2.28. The first kappa shape index (κ1) is 16.3. The topological polar surface area (TPSA) is 102 Å². The first-order valence-corrected chi connectivity index (χ1v) is 8.75.